The van der Waals surface area contributed by atoms with Gasteiger partial charge in [-0.15, -0.1) is 0 Å². The molecule has 0 saturated heterocycles. The fourth-order valence-electron chi connectivity index (χ4n) is 3.23. The molecule has 0 fully saturated rings. The topological polar surface area (TPSA) is 71.1 Å². The van der Waals surface area contributed by atoms with E-state index in [9.17, 15) is 9.59 Å². The second kappa shape index (κ2) is 7.33. The first-order chi connectivity index (χ1) is 11.7. The molecule has 0 bridgehead atoms. The van der Waals surface area contributed by atoms with Crippen LogP contribution < -0.4 is 9.47 Å². The van der Waals surface area contributed by atoms with Crippen molar-refractivity contribution in [1.29, 1.82) is 0 Å². The minimum absolute atomic E-state index is 0.464. The monoisotopic (exact) mass is 350 g/mol. The Morgan fingerprint density at radius 3 is 2.32 bits per heavy atom. The van der Waals surface area contributed by atoms with Gasteiger partial charge in [0.1, 0.15) is 17.1 Å². The van der Waals surface area contributed by atoms with Gasteiger partial charge in [-0.3, -0.25) is 9.59 Å². The van der Waals surface area contributed by atoms with Gasteiger partial charge in [-0.1, -0.05) is 19.4 Å². The van der Waals surface area contributed by atoms with Gasteiger partial charge in [0.25, 0.3) is 0 Å². The molecule has 1 heterocycles. The molecule has 0 aromatic heterocycles. The first kappa shape index (κ1) is 19.1. The minimum Gasteiger partial charge on any atom is -0.496 e. The van der Waals surface area contributed by atoms with E-state index in [1.165, 1.54) is 13.8 Å². The van der Waals surface area contributed by atoms with Crippen molar-refractivity contribution >= 4 is 11.9 Å². The lowest BCUT2D eigenvalue weighted by atomic mass is 9.86. The molecule has 1 aromatic rings. The van der Waals surface area contributed by atoms with Crippen LogP contribution >= 0.6 is 0 Å². The molecule has 6 heteroatoms. The van der Waals surface area contributed by atoms with Gasteiger partial charge < -0.3 is 18.9 Å². The lowest BCUT2D eigenvalue weighted by molar-refractivity contribution is -0.188. The summed E-state index contributed by atoms with van der Waals surface area (Å²) in [6.45, 7) is 8.32. The first-order valence-electron chi connectivity index (χ1n) is 8.44. The van der Waals surface area contributed by atoms with E-state index in [4.69, 9.17) is 18.9 Å². The van der Waals surface area contributed by atoms with Crippen LogP contribution in [-0.2, 0) is 25.5 Å². The third-order valence-electron chi connectivity index (χ3n) is 4.16. The van der Waals surface area contributed by atoms with Crippen LogP contribution in [-0.4, -0.2) is 30.8 Å². The molecule has 2 atom stereocenters. The Morgan fingerprint density at radius 2 is 1.80 bits per heavy atom. The molecule has 2 rings (SSSR count). The Morgan fingerprint density at radius 1 is 1.16 bits per heavy atom. The van der Waals surface area contributed by atoms with E-state index in [0.717, 1.165) is 18.4 Å². The van der Waals surface area contributed by atoms with E-state index < -0.39 is 29.7 Å². The van der Waals surface area contributed by atoms with Gasteiger partial charge in [-0.2, -0.15) is 0 Å². The van der Waals surface area contributed by atoms with Crippen LogP contribution in [0.2, 0.25) is 0 Å². The van der Waals surface area contributed by atoms with E-state index in [-0.39, 0.29) is 0 Å². The molecular weight excluding hydrogens is 324 g/mol. The third kappa shape index (κ3) is 3.89. The number of methoxy groups -OCH3 is 1. The molecule has 0 radical (unpaired) electrons. The Bertz CT molecular complexity index is 664. The van der Waals surface area contributed by atoms with Crippen molar-refractivity contribution in [2.75, 3.05) is 7.11 Å². The van der Waals surface area contributed by atoms with Crippen LogP contribution in [0, 0.1) is 0 Å². The SMILES string of the molecule is CCCc1ccc2c(c1OC)[C@H](OC(C)=O)[C@H](OC(C)=O)C(C)(C)O2. The Labute approximate surface area is 148 Å². The highest BCUT2D eigenvalue weighted by Gasteiger charge is 2.49. The van der Waals surface area contributed by atoms with Gasteiger partial charge in [0.15, 0.2) is 12.2 Å². The Hall–Kier alpha value is -2.24. The zero-order chi connectivity index (χ0) is 18.8. The summed E-state index contributed by atoms with van der Waals surface area (Å²) in [4.78, 5) is 23.3. The van der Waals surface area contributed by atoms with Gasteiger partial charge in [-0.05, 0) is 31.9 Å². The number of carbonyl (C=O) groups excluding carboxylic acids is 2. The summed E-state index contributed by atoms with van der Waals surface area (Å²) < 4.78 is 22.7. The van der Waals surface area contributed by atoms with Crippen molar-refractivity contribution in [2.24, 2.45) is 0 Å². The van der Waals surface area contributed by atoms with E-state index in [1.807, 2.05) is 12.1 Å². The van der Waals surface area contributed by atoms with Crippen LogP contribution in [0.5, 0.6) is 11.5 Å². The van der Waals surface area contributed by atoms with Crippen LogP contribution in [0.1, 0.15) is 58.3 Å². The number of aryl methyl sites for hydroxylation is 1. The molecule has 1 aliphatic heterocycles. The summed E-state index contributed by atoms with van der Waals surface area (Å²) in [5.41, 5.74) is 0.732. The normalized spacial score (nSPS) is 20.9. The highest BCUT2D eigenvalue weighted by molar-refractivity contribution is 5.69. The van der Waals surface area contributed by atoms with Crippen LogP contribution in [0.25, 0.3) is 0 Å². The number of carbonyl (C=O) groups is 2. The minimum atomic E-state index is -0.865. The summed E-state index contributed by atoms with van der Waals surface area (Å²) in [6, 6.07) is 3.80. The number of esters is 2. The first-order valence-corrected chi connectivity index (χ1v) is 8.44. The summed E-state index contributed by atoms with van der Waals surface area (Å²) in [7, 11) is 1.57. The zero-order valence-electron chi connectivity index (χ0n) is 15.7. The molecule has 0 aliphatic carbocycles. The zero-order valence-corrected chi connectivity index (χ0v) is 15.7. The largest absolute Gasteiger partial charge is 0.496 e. The average molecular weight is 350 g/mol. The molecule has 1 aliphatic rings. The van der Waals surface area contributed by atoms with Crippen LogP contribution in [0.15, 0.2) is 12.1 Å². The molecule has 138 valence electrons. The predicted octanol–water partition coefficient (Wildman–Crippen LogP) is 3.35. The summed E-state index contributed by atoms with van der Waals surface area (Å²) in [5, 5.41) is 0. The number of hydrogen-bond donors (Lipinski definition) is 0. The summed E-state index contributed by atoms with van der Waals surface area (Å²) >= 11 is 0. The molecule has 0 N–H and O–H groups in total. The molecular formula is C19H26O6. The fourth-order valence-corrected chi connectivity index (χ4v) is 3.23. The lowest BCUT2D eigenvalue weighted by Crippen LogP contribution is -2.52. The number of benzene rings is 1. The second-order valence-electron chi connectivity index (χ2n) is 6.69. The molecule has 0 unspecified atom stereocenters. The number of ether oxygens (including phenoxy) is 4. The summed E-state index contributed by atoms with van der Waals surface area (Å²) in [5.74, 6) is 0.245. The quantitative estimate of drug-likeness (QED) is 0.759. The smallest absolute Gasteiger partial charge is 0.303 e. The molecule has 6 nitrogen and oxygen atoms in total. The third-order valence-corrected chi connectivity index (χ3v) is 4.16. The van der Waals surface area contributed by atoms with Crippen molar-refractivity contribution in [1.82, 2.24) is 0 Å². The fraction of sp³-hybridized carbons (Fsp3) is 0.579. The second-order valence-corrected chi connectivity index (χ2v) is 6.69. The molecule has 0 amide bonds. The van der Waals surface area contributed by atoms with Crippen molar-refractivity contribution < 1.29 is 28.5 Å². The van der Waals surface area contributed by atoms with E-state index in [1.54, 1.807) is 21.0 Å². The van der Waals surface area contributed by atoms with Gasteiger partial charge in [0.2, 0.25) is 0 Å². The lowest BCUT2D eigenvalue weighted by Gasteiger charge is -2.43. The van der Waals surface area contributed by atoms with Crippen molar-refractivity contribution in [2.45, 2.75) is 65.3 Å². The average Bonchev–Trinajstić information content (AvgIpc) is 2.50. The van der Waals surface area contributed by atoms with E-state index in [0.29, 0.717) is 17.1 Å². The van der Waals surface area contributed by atoms with E-state index in [2.05, 4.69) is 6.92 Å². The molecule has 0 spiro atoms. The van der Waals surface area contributed by atoms with Gasteiger partial charge in [-0.25, -0.2) is 0 Å². The van der Waals surface area contributed by atoms with Crippen molar-refractivity contribution in [3.8, 4) is 11.5 Å². The summed E-state index contributed by atoms with van der Waals surface area (Å²) in [6.07, 6.45) is 0.164. The Kier molecular flexibility index (Phi) is 5.60. The van der Waals surface area contributed by atoms with Gasteiger partial charge in [0, 0.05) is 13.8 Å². The Balaban J connectivity index is 2.65. The van der Waals surface area contributed by atoms with Gasteiger partial charge >= 0.3 is 11.9 Å². The molecule has 25 heavy (non-hydrogen) atoms. The maximum Gasteiger partial charge on any atom is 0.303 e. The van der Waals surface area contributed by atoms with Crippen molar-refractivity contribution in [3.05, 3.63) is 23.3 Å². The van der Waals surface area contributed by atoms with Crippen LogP contribution in [0.4, 0.5) is 0 Å². The highest BCUT2D eigenvalue weighted by atomic mass is 16.6. The standard InChI is InChI=1S/C19H26O6/c1-7-8-13-9-10-14-15(16(13)22-6)17(23-11(2)20)18(24-12(3)21)19(4,5)25-14/h9-10,17-18H,7-8H2,1-6H3/t17-,18-/m0/s1. The number of hydrogen-bond acceptors (Lipinski definition) is 6. The highest BCUT2D eigenvalue weighted by Crippen LogP contribution is 2.48. The van der Waals surface area contributed by atoms with Gasteiger partial charge in [0.05, 0.1) is 12.7 Å². The van der Waals surface area contributed by atoms with Crippen LogP contribution in [0.3, 0.4) is 0 Å². The molecule has 0 saturated carbocycles. The molecule has 1 aromatic carbocycles. The maximum absolute atomic E-state index is 11.7. The number of rotatable bonds is 5. The van der Waals surface area contributed by atoms with Crippen molar-refractivity contribution in [3.63, 3.8) is 0 Å². The van der Waals surface area contributed by atoms with E-state index >= 15 is 0 Å². The predicted molar refractivity (Wildman–Crippen MR) is 91.8 cm³/mol. The maximum atomic E-state index is 11.7. The number of fused-ring (bicyclic) bond motifs is 1.